The Morgan fingerprint density at radius 3 is 2.39 bits per heavy atom. The van der Waals surface area contributed by atoms with Crippen molar-refractivity contribution < 1.29 is 15.2 Å². The van der Waals surface area contributed by atoms with Crippen molar-refractivity contribution in [2.24, 2.45) is 0 Å². The number of nitrogens with two attached hydrogens (primary N) is 1. The molecule has 102 valence electrons. The molecular formula is C15H26NO2+. The third kappa shape index (κ3) is 6.15. The maximum absolute atomic E-state index is 9.85. The molecule has 0 heterocycles. The predicted molar refractivity (Wildman–Crippen MR) is 73.4 cm³/mol. The van der Waals surface area contributed by atoms with Crippen LogP contribution in [0.3, 0.4) is 0 Å². The number of aliphatic hydroxyl groups is 1. The maximum Gasteiger partial charge on any atom is 0.126 e. The minimum absolute atomic E-state index is 0.188. The number of ether oxygens (including phenoxy) is 1. The van der Waals surface area contributed by atoms with Gasteiger partial charge in [-0.1, -0.05) is 30.3 Å². The van der Waals surface area contributed by atoms with E-state index in [9.17, 15) is 5.11 Å². The summed E-state index contributed by atoms with van der Waals surface area (Å²) in [5, 5.41) is 12.0. The van der Waals surface area contributed by atoms with Gasteiger partial charge >= 0.3 is 0 Å². The van der Waals surface area contributed by atoms with E-state index in [4.69, 9.17) is 4.74 Å². The average Bonchev–Trinajstić information content (AvgIpc) is 2.33. The van der Waals surface area contributed by atoms with Crippen LogP contribution in [0.1, 0.15) is 39.3 Å². The van der Waals surface area contributed by atoms with E-state index in [1.54, 1.807) is 0 Å². The highest BCUT2D eigenvalue weighted by atomic mass is 16.5. The first-order chi connectivity index (χ1) is 8.38. The van der Waals surface area contributed by atoms with E-state index in [-0.39, 0.29) is 5.60 Å². The van der Waals surface area contributed by atoms with E-state index in [1.807, 2.05) is 39.0 Å². The molecule has 2 atom stereocenters. The third-order valence-corrected chi connectivity index (χ3v) is 2.80. The SMILES string of the molecule is C[C@@H]([NH2+]C[C@@H](O)COC(C)(C)C)c1ccccc1. The minimum Gasteiger partial charge on any atom is -0.385 e. The van der Waals surface area contributed by atoms with Crippen LogP contribution in [0.5, 0.6) is 0 Å². The molecule has 0 saturated heterocycles. The Morgan fingerprint density at radius 2 is 1.83 bits per heavy atom. The number of aliphatic hydroxyl groups excluding tert-OH is 1. The van der Waals surface area contributed by atoms with Crippen LogP contribution in [0.2, 0.25) is 0 Å². The molecule has 18 heavy (non-hydrogen) atoms. The van der Waals surface area contributed by atoms with Gasteiger partial charge in [0.05, 0.1) is 12.2 Å². The molecular weight excluding hydrogens is 226 g/mol. The summed E-state index contributed by atoms with van der Waals surface area (Å²) < 4.78 is 5.56. The molecule has 0 fully saturated rings. The van der Waals surface area contributed by atoms with Gasteiger partial charge in [-0.15, -0.1) is 0 Å². The standard InChI is InChI=1S/C15H25NO2/c1-12(13-8-6-5-7-9-13)16-10-14(17)11-18-15(2,3)4/h5-9,12,14,16-17H,10-11H2,1-4H3/p+1/t12-,14-/m1/s1. The molecule has 0 unspecified atom stereocenters. The number of hydrogen-bond donors (Lipinski definition) is 2. The van der Waals surface area contributed by atoms with Crippen molar-refractivity contribution in [2.45, 2.75) is 45.4 Å². The lowest BCUT2D eigenvalue weighted by Gasteiger charge is -2.22. The average molecular weight is 252 g/mol. The van der Waals surface area contributed by atoms with Gasteiger partial charge in [-0.05, 0) is 27.7 Å². The number of quaternary nitrogens is 1. The van der Waals surface area contributed by atoms with Crippen LogP contribution >= 0.6 is 0 Å². The Kier molecular flexibility index (Phi) is 5.79. The summed E-state index contributed by atoms with van der Waals surface area (Å²) in [6, 6.07) is 10.7. The van der Waals surface area contributed by atoms with Crippen LogP contribution in [0.25, 0.3) is 0 Å². The molecule has 1 aromatic carbocycles. The zero-order valence-corrected chi connectivity index (χ0v) is 11.9. The molecule has 0 saturated carbocycles. The summed E-state index contributed by atoms with van der Waals surface area (Å²) in [5.74, 6) is 0. The Bertz CT molecular complexity index is 332. The lowest BCUT2D eigenvalue weighted by molar-refractivity contribution is -0.698. The van der Waals surface area contributed by atoms with Crippen molar-refractivity contribution >= 4 is 0 Å². The quantitative estimate of drug-likeness (QED) is 0.805. The predicted octanol–water partition coefficient (Wildman–Crippen LogP) is 1.49. The number of hydrogen-bond acceptors (Lipinski definition) is 2. The van der Waals surface area contributed by atoms with Crippen molar-refractivity contribution in [3.8, 4) is 0 Å². The summed E-state index contributed by atoms with van der Waals surface area (Å²) in [6.45, 7) is 9.18. The van der Waals surface area contributed by atoms with Gasteiger partial charge in [0, 0.05) is 5.56 Å². The van der Waals surface area contributed by atoms with Gasteiger partial charge in [0.25, 0.3) is 0 Å². The van der Waals surface area contributed by atoms with Gasteiger partial charge in [-0.2, -0.15) is 0 Å². The lowest BCUT2D eigenvalue weighted by atomic mass is 10.1. The van der Waals surface area contributed by atoms with E-state index in [0.717, 1.165) is 0 Å². The summed E-state index contributed by atoms with van der Waals surface area (Å²) in [4.78, 5) is 0. The first-order valence-electron chi connectivity index (χ1n) is 6.59. The summed E-state index contributed by atoms with van der Waals surface area (Å²) >= 11 is 0. The summed E-state index contributed by atoms with van der Waals surface area (Å²) in [6.07, 6.45) is -0.421. The molecule has 0 radical (unpaired) electrons. The van der Waals surface area contributed by atoms with Crippen LogP contribution in [0.15, 0.2) is 30.3 Å². The van der Waals surface area contributed by atoms with Crippen LogP contribution in [0.4, 0.5) is 0 Å². The molecule has 3 heteroatoms. The molecule has 0 aromatic heterocycles. The van der Waals surface area contributed by atoms with Crippen molar-refractivity contribution in [3.63, 3.8) is 0 Å². The molecule has 1 aromatic rings. The van der Waals surface area contributed by atoms with E-state index < -0.39 is 6.10 Å². The van der Waals surface area contributed by atoms with Gasteiger partial charge in [0.15, 0.2) is 0 Å². The fraction of sp³-hybridized carbons (Fsp3) is 0.600. The van der Waals surface area contributed by atoms with Gasteiger partial charge in [0.2, 0.25) is 0 Å². The van der Waals surface area contributed by atoms with Gasteiger partial charge < -0.3 is 15.2 Å². The first kappa shape index (κ1) is 15.2. The van der Waals surface area contributed by atoms with E-state index in [0.29, 0.717) is 19.2 Å². The fourth-order valence-electron chi connectivity index (χ4n) is 1.67. The maximum atomic E-state index is 9.85. The van der Waals surface area contributed by atoms with Crippen molar-refractivity contribution in [1.82, 2.24) is 0 Å². The third-order valence-electron chi connectivity index (χ3n) is 2.80. The van der Waals surface area contributed by atoms with Crippen LogP contribution in [0, 0.1) is 0 Å². The van der Waals surface area contributed by atoms with E-state index in [2.05, 4.69) is 24.4 Å². The fourth-order valence-corrected chi connectivity index (χ4v) is 1.67. The summed E-state index contributed by atoms with van der Waals surface area (Å²) in [7, 11) is 0. The highest BCUT2D eigenvalue weighted by Crippen LogP contribution is 2.08. The van der Waals surface area contributed by atoms with E-state index >= 15 is 0 Å². The number of benzene rings is 1. The second-order valence-electron chi connectivity index (χ2n) is 5.75. The zero-order chi connectivity index (χ0) is 13.6. The smallest absolute Gasteiger partial charge is 0.126 e. The second-order valence-corrected chi connectivity index (χ2v) is 5.75. The molecule has 1 rings (SSSR count). The second kappa shape index (κ2) is 6.88. The van der Waals surface area contributed by atoms with Gasteiger partial charge in [-0.25, -0.2) is 0 Å². The van der Waals surface area contributed by atoms with E-state index in [1.165, 1.54) is 5.56 Å². The lowest BCUT2D eigenvalue weighted by Crippen LogP contribution is -2.87. The van der Waals surface area contributed by atoms with Crippen molar-refractivity contribution in [3.05, 3.63) is 35.9 Å². The molecule has 0 aliphatic rings. The zero-order valence-electron chi connectivity index (χ0n) is 11.9. The van der Waals surface area contributed by atoms with Gasteiger partial charge in [0.1, 0.15) is 18.7 Å². The molecule has 3 nitrogen and oxygen atoms in total. The molecule has 0 aliphatic carbocycles. The van der Waals surface area contributed by atoms with Crippen LogP contribution < -0.4 is 5.32 Å². The molecule has 0 bridgehead atoms. The minimum atomic E-state index is -0.421. The Morgan fingerprint density at radius 1 is 1.22 bits per heavy atom. The molecule has 3 N–H and O–H groups in total. The largest absolute Gasteiger partial charge is 0.385 e. The van der Waals surface area contributed by atoms with Gasteiger partial charge in [-0.3, -0.25) is 0 Å². The monoisotopic (exact) mass is 252 g/mol. The number of rotatable bonds is 6. The normalized spacial score (nSPS) is 15.4. The van der Waals surface area contributed by atoms with Crippen molar-refractivity contribution in [1.29, 1.82) is 0 Å². The molecule has 0 amide bonds. The molecule has 0 spiro atoms. The molecule has 0 aliphatic heterocycles. The Labute approximate surface area is 110 Å². The van der Waals surface area contributed by atoms with Crippen LogP contribution in [-0.2, 0) is 4.74 Å². The van der Waals surface area contributed by atoms with Crippen molar-refractivity contribution in [2.75, 3.05) is 13.2 Å². The topological polar surface area (TPSA) is 46.1 Å². The Balaban J connectivity index is 2.28. The summed E-state index contributed by atoms with van der Waals surface area (Å²) in [5.41, 5.74) is 1.09. The first-order valence-corrected chi connectivity index (χ1v) is 6.59. The highest BCUT2D eigenvalue weighted by molar-refractivity contribution is 5.16. The van der Waals surface area contributed by atoms with Crippen LogP contribution in [-0.4, -0.2) is 30.0 Å². The Hall–Kier alpha value is -0.900. The highest BCUT2D eigenvalue weighted by Gasteiger charge is 2.16.